The highest BCUT2D eigenvalue weighted by Gasteiger charge is 2.46. The zero-order chi connectivity index (χ0) is 15.0. The summed E-state index contributed by atoms with van der Waals surface area (Å²) >= 11 is 0. The van der Waals surface area contributed by atoms with E-state index in [0.29, 0.717) is 5.56 Å². The first-order valence-electron chi connectivity index (χ1n) is 7.04. The van der Waals surface area contributed by atoms with Crippen LogP contribution in [0.15, 0.2) is 30.0 Å². The number of carbonyl (C=O) groups is 1. The van der Waals surface area contributed by atoms with Crippen LogP contribution in [0.1, 0.15) is 37.7 Å². The Bertz CT molecular complexity index is 628. The predicted octanol–water partition coefficient (Wildman–Crippen LogP) is 2.70. The molecule has 0 unspecified atom stereocenters. The highest BCUT2D eigenvalue weighted by molar-refractivity contribution is 6.23. The second-order valence-electron chi connectivity index (χ2n) is 5.62. The van der Waals surface area contributed by atoms with Crippen molar-refractivity contribution >= 4 is 17.2 Å². The van der Waals surface area contributed by atoms with Gasteiger partial charge in [0.05, 0.1) is 16.0 Å². The van der Waals surface area contributed by atoms with Crippen LogP contribution >= 0.6 is 0 Å². The summed E-state index contributed by atoms with van der Waals surface area (Å²) in [7, 11) is 0. The number of benzene rings is 1. The van der Waals surface area contributed by atoms with Gasteiger partial charge < -0.3 is 10.4 Å². The monoisotopic (exact) mass is 288 g/mol. The molecule has 110 valence electrons. The zero-order valence-electron chi connectivity index (χ0n) is 11.5. The lowest BCUT2D eigenvalue weighted by Crippen LogP contribution is -2.46. The van der Waals surface area contributed by atoms with Gasteiger partial charge in [-0.3, -0.25) is 14.9 Å². The molecule has 1 fully saturated rings. The Kier molecular flexibility index (Phi) is 3.16. The maximum absolute atomic E-state index is 12.2. The Morgan fingerprint density at radius 2 is 1.76 bits per heavy atom. The first-order chi connectivity index (χ1) is 10.0. The van der Waals surface area contributed by atoms with Gasteiger partial charge in [0.25, 0.3) is 11.6 Å². The van der Waals surface area contributed by atoms with Crippen molar-refractivity contribution < 1.29 is 14.8 Å². The molecule has 21 heavy (non-hydrogen) atoms. The van der Waals surface area contributed by atoms with Crippen LogP contribution in [0.25, 0.3) is 5.57 Å². The van der Waals surface area contributed by atoms with E-state index < -0.39 is 10.5 Å². The average Bonchev–Trinajstić information content (AvgIpc) is 2.71. The molecular formula is C15H16N2O4. The summed E-state index contributed by atoms with van der Waals surface area (Å²) in [6.07, 6.45) is 4.52. The van der Waals surface area contributed by atoms with E-state index in [-0.39, 0.29) is 22.9 Å². The van der Waals surface area contributed by atoms with Crippen LogP contribution in [0.2, 0.25) is 0 Å². The normalized spacial score (nSPS) is 20.7. The summed E-state index contributed by atoms with van der Waals surface area (Å²) in [5, 5.41) is 24.1. The Labute approximate surface area is 121 Å². The highest BCUT2D eigenvalue weighted by atomic mass is 16.6. The van der Waals surface area contributed by atoms with Crippen LogP contribution in [0, 0.1) is 10.1 Å². The number of rotatable bonds is 2. The van der Waals surface area contributed by atoms with Gasteiger partial charge in [0.15, 0.2) is 0 Å². The fraction of sp³-hybridized carbons (Fsp3) is 0.400. The molecule has 6 nitrogen and oxygen atoms in total. The van der Waals surface area contributed by atoms with Crippen molar-refractivity contribution in [2.24, 2.45) is 0 Å². The molecule has 0 bridgehead atoms. The summed E-state index contributed by atoms with van der Waals surface area (Å²) in [5.41, 5.74) is 0.0846. The van der Waals surface area contributed by atoms with E-state index in [4.69, 9.17) is 0 Å². The van der Waals surface area contributed by atoms with Crippen LogP contribution in [0.3, 0.4) is 0 Å². The summed E-state index contributed by atoms with van der Waals surface area (Å²) in [4.78, 5) is 22.4. The molecule has 1 spiro atoms. The Morgan fingerprint density at radius 1 is 1.14 bits per heavy atom. The number of carbonyl (C=O) groups excluding carboxylic acids is 1. The molecular weight excluding hydrogens is 272 g/mol. The van der Waals surface area contributed by atoms with E-state index in [1.807, 2.05) is 0 Å². The molecule has 3 rings (SSSR count). The van der Waals surface area contributed by atoms with Crippen LogP contribution in [0.5, 0.6) is 0 Å². The second kappa shape index (κ2) is 4.87. The third-order valence-electron chi connectivity index (χ3n) is 4.34. The molecule has 0 aromatic heterocycles. The standard InChI is InChI=1S/C15H16N2O4/c18-13-12(10-4-6-11(7-5-10)17(20)21)14(19)16-15(13)8-2-1-3-9-15/h4-7,18H,1-3,8-9H2,(H,16,19). The van der Waals surface area contributed by atoms with Crippen molar-refractivity contribution in [2.45, 2.75) is 37.6 Å². The molecule has 1 aliphatic heterocycles. The number of nitrogens with zero attached hydrogens (tertiary/aromatic N) is 1. The lowest BCUT2D eigenvalue weighted by atomic mass is 9.80. The van der Waals surface area contributed by atoms with Gasteiger partial charge in [0.2, 0.25) is 0 Å². The number of aliphatic hydroxyl groups is 1. The van der Waals surface area contributed by atoms with Gasteiger partial charge in [-0.25, -0.2) is 0 Å². The fourth-order valence-corrected chi connectivity index (χ4v) is 3.22. The third-order valence-corrected chi connectivity index (χ3v) is 4.34. The predicted molar refractivity (Wildman–Crippen MR) is 76.6 cm³/mol. The molecule has 1 heterocycles. The molecule has 1 aliphatic carbocycles. The Hall–Kier alpha value is -2.37. The average molecular weight is 288 g/mol. The lowest BCUT2D eigenvalue weighted by molar-refractivity contribution is -0.384. The molecule has 2 aliphatic rings. The number of hydrogen-bond acceptors (Lipinski definition) is 4. The van der Waals surface area contributed by atoms with E-state index >= 15 is 0 Å². The molecule has 1 saturated carbocycles. The molecule has 0 radical (unpaired) electrons. The molecule has 1 aromatic carbocycles. The summed E-state index contributed by atoms with van der Waals surface area (Å²) in [5.74, 6) is -0.218. The summed E-state index contributed by atoms with van der Waals surface area (Å²) in [6, 6.07) is 5.69. The first kappa shape index (κ1) is 13.6. The molecule has 1 amide bonds. The number of hydrogen-bond donors (Lipinski definition) is 2. The minimum atomic E-state index is -0.632. The van der Waals surface area contributed by atoms with Gasteiger partial charge in [-0.2, -0.15) is 0 Å². The number of amides is 1. The van der Waals surface area contributed by atoms with E-state index in [1.165, 1.54) is 24.3 Å². The number of nitro groups is 1. The largest absolute Gasteiger partial charge is 0.509 e. The Balaban J connectivity index is 1.99. The Morgan fingerprint density at radius 3 is 2.33 bits per heavy atom. The molecule has 6 heteroatoms. The van der Waals surface area contributed by atoms with E-state index in [9.17, 15) is 20.0 Å². The fourth-order valence-electron chi connectivity index (χ4n) is 3.22. The van der Waals surface area contributed by atoms with Crippen molar-refractivity contribution in [2.75, 3.05) is 0 Å². The van der Waals surface area contributed by atoms with Crippen LogP contribution in [0.4, 0.5) is 5.69 Å². The lowest BCUT2D eigenvalue weighted by Gasteiger charge is -2.33. The van der Waals surface area contributed by atoms with Crippen LogP contribution in [-0.2, 0) is 4.79 Å². The number of non-ortho nitro benzene ring substituents is 1. The molecule has 0 atom stereocenters. The third kappa shape index (κ3) is 2.16. The summed E-state index contributed by atoms with van der Waals surface area (Å²) in [6.45, 7) is 0. The number of nitro benzene ring substituents is 1. The van der Waals surface area contributed by atoms with Crippen molar-refractivity contribution in [1.29, 1.82) is 0 Å². The van der Waals surface area contributed by atoms with Crippen molar-refractivity contribution in [3.63, 3.8) is 0 Å². The maximum Gasteiger partial charge on any atom is 0.269 e. The number of nitrogens with one attached hydrogen (secondary N) is 1. The van der Waals surface area contributed by atoms with Gasteiger partial charge in [0.1, 0.15) is 5.76 Å². The van der Waals surface area contributed by atoms with Crippen LogP contribution < -0.4 is 5.32 Å². The molecule has 1 aromatic rings. The quantitative estimate of drug-likeness (QED) is 0.646. The van der Waals surface area contributed by atoms with Crippen molar-refractivity contribution in [3.05, 3.63) is 45.7 Å². The van der Waals surface area contributed by atoms with E-state index in [1.54, 1.807) is 0 Å². The summed E-state index contributed by atoms with van der Waals surface area (Å²) < 4.78 is 0. The van der Waals surface area contributed by atoms with Gasteiger partial charge >= 0.3 is 0 Å². The minimum absolute atomic E-state index is 0.0374. The maximum atomic E-state index is 12.2. The van der Waals surface area contributed by atoms with E-state index in [0.717, 1.165) is 32.1 Å². The van der Waals surface area contributed by atoms with E-state index in [2.05, 4.69) is 5.32 Å². The SMILES string of the molecule is O=C1NC2(CCCCC2)C(O)=C1c1ccc([N+](=O)[O-])cc1. The smallest absolute Gasteiger partial charge is 0.269 e. The zero-order valence-corrected chi connectivity index (χ0v) is 11.5. The minimum Gasteiger partial charge on any atom is -0.509 e. The van der Waals surface area contributed by atoms with Gasteiger partial charge in [0, 0.05) is 12.1 Å². The van der Waals surface area contributed by atoms with Crippen molar-refractivity contribution in [3.8, 4) is 0 Å². The van der Waals surface area contributed by atoms with Crippen LogP contribution in [-0.4, -0.2) is 21.5 Å². The molecule has 2 N–H and O–H groups in total. The first-order valence-corrected chi connectivity index (χ1v) is 7.04. The van der Waals surface area contributed by atoms with Gasteiger partial charge in [-0.15, -0.1) is 0 Å². The van der Waals surface area contributed by atoms with Gasteiger partial charge in [-0.05, 0) is 30.5 Å². The number of aliphatic hydroxyl groups excluding tert-OH is 1. The topological polar surface area (TPSA) is 92.5 Å². The second-order valence-corrected chi connectivity index (χ2v) is 5.62. The highest BCUT2D eigenvalue weighted by Crippen LogP contribution is 2.41. The molecule has 0 saturated heterocycles. The van der Waals surface area contributed by atoms with Gasteiger partial charge in [-0.1, -0.05) is 19.3 Å². The van der Waals surface area contributed by atoms with Crippen molar-refractivity contribution in [1.82, 2.24) is 5.32 Å².